The number of nitrogens with one attached hydrogen (secondary N) is 1. The molecule has 0 saturated heterocycles. The van der Waals surface area contributed by atoms with Gasteiger partial charge in [0.1, 0.15) is 0 Å². The molecule has 0 radical (unpaired) electrons. The van der Waals surface area contributed by atoms with Crippen molar-refractivity contribution in [3.05, 3.63) is 22.4 Å². The van der Waals surface area contributed by atoms with Gasteiger partial charge in [-0.25, -0.2) is 0 Å². The van der Waals surface area contributed by atoms with E-state index in [1.54, 1.807) is 18.3 Å². The molecule has 0 fully saturated rings. The van der Waals surface area contributed by atoms with Crippen LogP contribution in [-0.4, -0.2) is 41.1 Å². The van der Waals surface area contributed by atoms with Crippen LogP contribution < -0.4 is 5.32 Å². The molecule has 102 valence electrons. The maximum Gasteiger partial charge on any atom is 0.234 e. The SMILES string of the molecule is CC(O)CN(CC(=O)NCc1cccs1)C(C)C. The van der Waals surface area contributed by atoms with E-state index in [1.165, 1.54) is 0 Å². The molecule has 0 aromatic carbocycles. The molecule has 1 aromatic heterocycles. The Hall–Kier alpha value is -0.910. The van der Waals surface area contributed by atoms with E-state index in [2.05, 4.69) is 5.32 Å². The minimum absolute atomic E-state index is 0.00208. The molecule has 18 heavy (non-hydrogen) atoms. The molecule has 1 atom stereocenters. The molecule has 0 aliphatic rings. The normalized spacial score (nSPS) is 13.0. The van der Waals surface area contributed by atoms with Gasteiger partial charge in [0.25, 0.3) is 0 Å². The van der Waals surface area contributed by atoms with Gasteiger partial charge in [-0.15, -0.1) is 11.3 Å². The van der Waals surface area contributed by atoms with Crippen LogP contribution in [0.1, 0.15) is 25.6 Å². The molecule has 1 aromatic rings. The van der Waals surface area contributed by atoms with E-state index in [-0.39, 0.29) is 11.9 Å². The molecular formula is C13H22N2O2S. The molecule has 1 unspecified atom stereocenters. The Bertz CT molecular complexity index is 350. The van der Waals surface area contributed by atoms with Crippen LogP contribution in [0.2, 0.25) is 0 Å². The van der Waals surface area contributed by atoms with E-state index in [4.69, 9.17) is 0 Å². The zero-order chi connectivity index (χ0) is 13.5. The largest absolute Gasteiger partial charge is 0.392 e. The van der Waals surface area contributed by atoms with E-state index < -0.39 is 6.10 Å². The molecule has 1 rings (SSSR count). The topological polar surface area (TPSA) is 52.6 Å². The number of aliphatic hydroxyl groups is 1. The summed E-state index contributed by atoms with van der Waals surface area (Å²) in [7, 11) is 0. The van der Waals surface area contributed by atoms with Gasteiger partial charge in [-0.3, -0.25) is 9.69 Å². The van der Waals surface area contributed by atoms with Gasteiger partial charge in [-0.05, 0) is 32.2 Å². The van der Waals surface area contributed by atoms with Crippen LogP contribution in [0.5, 0.6) is 0 Å². The minimum atomic E-state index is -0.419. The Balaban J connectivity index is 2.36. The zero-order valence-electron chi connectivity index (χ0n) is 11.2. The predicted molar refractivity (Wildman–Crippen MR) is 74.6 cm³/mol. The van der Waals surface area contributed by atoms with Crippen LogP contribution >= 0.6 is 11.3 Å². The summed E-state index contributed by atoms with van der Waals surface area (Å²) in [4.78, 5) is 14.9. The van der Waals surface area contributed by atoms with Gasteiger partial charge in [0, 0.05) is 17.5 Å². The molecule has 1 amide bonds. The van der Waals surface area contributed by atoms with Crippen LogP contribution in [0.15, 0.2) is 17.5 Å². The van der Waals surface area contributed by atoms with Crippen LogP contribution in [0.4, 0.5) is 0 Å². The van der Waals surface area contributed by atoms with Crippen LogP contribution in [0, 0.1) is 0 Å². The zero-order valence-corrected chi connectivity index (χ0v) is 12.0. The Morgan fingerprint density at radius 2 is 2.22 bits per heavy atom. The van der Waals surface area contributed by atoms with E-state index in [9.17, 15) is 9.90 Å². The number of hydrogen-bond acceptors (Lipinski definition) is 4. The maximum atomic E-state index is 11.8. The molecule has 0 aliphatic carbocycles. The van der Waals surface area contributed by atoms with Crippen molar-refractivity contribution in [1.82, 2.24) is 10.2 Å². The van der Waals surface area contributed by atoms with E-state index in [0.29, 0.717) is 19.6 Å². The molecule has 0 aliphatic heterocycles. The third-order valence-corrected chi connectivity index (χ3v) is 3.49. The van der Waals surface area contributed by atoms with Crippen molar-refractivity contribution in [2.45, 2.75) is 39.5 Å². The monoisotopic (exact) mass is 270 g/mol. The number of rotatable bonds is 7. The second-order valence-corrected chi connectivity index (χ2v) is 5.76. The molecular weight excluding hydrogens is 248 g/mol. The van der Waals surface area contributed by atoms with Gasteiger partial charge in [0.05, 0.1) is 19.2 Å². The van der Waals surface area contributed by atoms with Crippen molar-refractivity contribution in [3.8, 4) is 0 Å². The number of hydrogen-bond donors (Lipinski definition) is 2. The van der Waals surface area contributed by atoms with Gasteiger partial charge in [0.15, 0.2) is 0 Å². The highest BCUT2D eigenvalue weighted by Gasteiger charge is 2.15. The second-order valence-electron chi connectivity index (χ2n) is 4.73. The lowest BCUT2D eigenvalue weighted by atomic mass is 10.2. The third kappa shape index (κ3) is 5.62. The highest BCUT2D eigenvalue weighted by Crippen LogP contribution is 2.07. The third-order valence-electron chi connectivity index (χ3n) is 2.62. The average Bonchev–Trinajstić information content (AvgIpc) is 2.77. The van der Waals surface area contributed by atoms with Crippen molar-refractivity contribution in [2.75, 3.05) is 13.1 Å². The van der Waals surface area contributed by atoms with Gasteiger partial charge in [-0.1, -0.05) is 6.07 Å². The summed E-state index contributed by atoms with van der Waals surface area (Å²) < 4.78 is 0. The van der Waals surface area contributed by atoms with Gasteiger partial charge in [-0.2, -0.15) is 0 Å². The van der Waals surface area contributed by atoms with Crippen molar-refractivity contribution in [2.24, 2.45) is 0 Å². The Labute approximate surface area is 113 Å². The van der Waals surface area contributed by atoms with Crippen LogP contribution in [0.25, 0.3) is 0 Å². The first-order chi connectivity index (χ1) is 8.49. The van der Waals surface area contributed by atoms with Crippen molar-refractivity contribution in [1.29, 1.82) is 0 Å². The Morgan fingerprint density at radius 3 is 2.72 bits per heavy atom. The smallest absolute Gasteiger partial charge is 0.234 e. The summed E-state index contributed by atoms with van der Waals surface area (Å²) in [5, 5.41) is 14.3. The summed E-state index contributed by atoms with van der Waals surface area (Å²) in [6.45, 7) is 7.21. The summed E-state index contributed by atoms with van der Waals surface area (Å²) in [5.74, 6) is -0.00208. The summed E-state index contributed by atoms with van der Waals surface area (Å²) in [6, 6.07) is 4.22. The van der Waals surface area contributed by atoms with Gasteiger partial charge >= 0.3 is 0 Å². The molecule has 4 nitrogen and oxygen atoms in total. The predicted octanol–water partition coefficient (Wildman–Crippen LogP) is 1.46. The highest BCUT2D eigenvalue weighted by molar-refractivity contribution is 7.09. The molecule has 0 saturated carbocycles. The fourth-order valence-electron chi connectivity index (χ4n) is 1.64. The van der Waals surface area contributed by atoms with Gasteiger partial charge < -0.3 is 10.4 Å². The minimum Gasteiger partial charge on any atom is -0.392 e. The first kappa shape index (κ1) is 15.1. The maximum absolute atomic E-state index is 11.8. The Morgan fingerprint density at radius 1 is 1.50 bits per heavy atom. The molecule has 5 heteroatoms. The molecule has 0 spiro atoms. The fourth-order valence-corrected chi connectivity index (χ4v) is 2.28. The standard InChI is InChI=1S/C13H22N2O2S/c1-10(2)15(8-11(3)16)9-13(17)14-7-12-5-4-6-18-12/h4-6,10-11,16H,7-9H2,1-3H3,(H,14,17). The Kier molecular flexibility index (Phi) is 6.32. The van der Waals surface area contributed by atoms with Crippen LogP contribution in [-0.2, 0) is 11.3 Å². The summed E-state index contributed by atoms with van der Waals surface area (Å²) in [5.41, 5.74) is 0. The average molecular weight is 270 g/mol. The number of carbonyl (C=O) groups is 1. The summed E-state index contributed by atoms with van der Waals surface area (Å²) >= 11 is 1.63. The number of thiophene rings is 1. The number of carbonyl (C=O) groups excluding carboxylic acids is 1. The van der Waals surface area contributed by atoms with Crippen molar-refractivity contribution in [3.63, 3.8) is 0 Å². The molecule has 1 heterocycles. The lowest BCUT2D eigenvalue weighted by molar-refractivity contribution is -0.123. The van der Waals surface area contributed by atoms with Gasteiger partial charge in [0.2, 0.25) is 5.91 Å². The van der Waals surface area contributed by atoms with Crippen molar-refractivity contribution < 1.29 is 9.90 Å². The first-order valence-electron chi connectivity index (χ1n) is 6.20. The number of amides is 1. The summed E-state index contributed by atoms with van der Waals surface area (Å²) in [6.07, 6.45) is -0.419. The molecule has 0 bridgehead atoms. The lowest BCUT2D eigenvalue weighted by Crippen LogP contribution is -2.43. The fraction of sp³-hybridized carbons (Fsp3) is 0.615. The van der Waals surface area contributed by atoms with Crippen molar-refractivity contribution >= 4 is 17.2 Å². The lowest BCUT2D eigenvalue weighted by Gasteiger charge is -2.26. The van der Waals surface area contributed by atoms with Crippen LogP contribution in [0.3, 0.4) is 0 Å². The van der Waals surface area contributed by atoms with E-state index >= 15 is 0 Å². The second kappa shape index (κ2) is 7.51. The first-order valence-corrected chi connectivity index (χ1v) is 7.08. The van der Waals surface area contributed by atoms with E-state index in [0.717, 1.165) is 4.88 Å². The number of nitrogens with zero attached hydrogens (tertiary/aromatic N) is 1. The quantitative estimate of drug-likeness (QED) is 0.788. The number of aliphatic hydroxyl groups excluding tert-OH is 1. The molecule has 2 N–H and O–H groups in total. The van der Waals surface area contributed by atoms with E-state index in [1.807, 2.05) is 36.3 Å². The highest BCUT2D eigenvalue weighted by atomic mass is 32.1.